The fraction of sp³-hybridized carbons (Fsp3) is 0.588. The number of hydrogen-bond acceptors (Lipinski definition) is 4. The number of piperidine rings is 1. The summed E-state index contributed by atoms with van der Waals surface area (Å²) in [5.41, 5.74) is 1.15. The number of carbonyl (C=O) groups excluding carboxylic acids is 1. The van der Waals surface area contributed by atoms with E-state index in [0.29, 0.717) is 43.9 Å². The molecule has 0 spiro atoms. The van der Waals surface area contributed by atoms with Gasteiger partial charge in [-0.2, -0.15) is 0 Å². The Bertz CT molecular complexity index is 513. The number of fused-ring (bicyclic) bond motifs is 2. The van der Waals surface area contributed by atoms with Gasteiger partial charge in [-0.25, -0.2) is 0 Å². The summed E-state index contributed by atoms with van der Waals surface area (Å²) in [6.07, 6.45) is 3.61. The summed E-state index contributed by atoms with van der Waals surface area (Å²) in [5, 5.41) is 0. The molecule has 3 rings (SSSR count). The summed E-state index contributed by atoms with van der Waals surface area (Å²) in [6.45, 7) is 5.20. The molecule has 1 aromatic rings. The van der Waals surface area contributed by atoms with Crippen LogP contribution in [-0.2, 0) is 4.79 Å². The molecule has 0 radical (unpaired) electrons. The van der Waals surface area contributed by atoms with E-state index in [1.165, 1.54) is 0 Å². The molecule has 4 heteroatoms. The van der Waals surface area contributed by atoms with Crippen molar-refractivity contribution in [3.8, 4) is 11.5 Å². The van der Waals surface area contributed by atoms with Crippen LogP contribution in [-0.4, -0.2) is 31.1 Å². The van der Waals surface area contributed by atoms with Crippen LogP contribution in [0.1, 0.15) is 39.5 Å². The first-order valence-corrected chi connectivity index (χ1v) is 7.92. The largest absolute Gasteiger partial charge is 0.490 e. The van der Waals surface area contributed by atoms with E-state index < -0.39 is 0 Å². The van der Waals surface area contributed by atoms with E-state index in [2.05, 4.69) is 17.0 Å². The van der Waals surface area contributed by atoms with Crippen LogP contribution in [0, 0.1) is 0 Å². The lowest BCUT2D eigenvalue weighted by atomic mass is 10.0. The SMILES string of the molecule is CCOc1ccc(N2C3CCC2CC(=O)C3)cc1OCC. The number of nitrogens with zero attached hydrogens (tertiary/aromatic N) is 1. The number of ketones is 1. The van der Waals surface area contributed by atoms with Gasteiger partial charge >= 0.3 is 0 Å². The minimum Gasteiger partial charge on any atom is -0.490 e. The van der Waals surface area contributed by atoms with E-state index in [9.17, 15) is 4.79 Å². The van der Waals surface area contributed by atoms with Crippen LogP contribution in [0.4, 0.5) is 5.69 Å². The molecule has 2 atom stereocenters. The average molecular weight is 289 g/mol. The molecule has 1 aromatic carbocycles. The Morgan fingerprint density at radius 1 is 1.05 bits per heavy atom. The third kappa shape index (κ3) is 2.71. The molecule has 2 saturated heterocycles. The fourth-order valence-electron chi connectivity index (χ4n) is 3.59. The highest BCUT2D eigenvalue weighted by molar-refractivity contribution is 5.83. The van der Waals surface area contributed by atoms with E-state index >= 15 is 0 Å². The molecule has 2 heterocycles. The number of rotatable bonds is 5. The van der Waals surface area contributed by atoms with Crippen LogP contribution in [0.5, 0.6) is 11.5 Å². The number of ether oxygens (including phenoxy) is 2. The van der Waals surface area contributed by atoms with E-state index in [-0.39, 0.29) is 0 Å². The highest BCUT2D eigenvalue weighted by Gasteiger charge is 2.40. The first kappa shape index (κ1) is 14.2. The van der Waals surface area contributed by atoms with Crippen molar-refractivity contribution in [3.05, 3.63) is 18.2 Å². The van der Waals surface area contributed by atoms with Gasteiger partial charge < -0.3 is 14.4 Å². The second-order valence-corrected chi connectivity index (χ2v) is 5.74. The maximum Gasteiger partial charge on any atom is 0.163 e. The molecule has 2 unspecified atom stereocenters. The molecule has 0 saturated carbocycles. The zero-order valence-corrected chi connectivity index (χ0v) is 12.8. The van der Waals surface area contributed by atoms with Crippen molar-refractivity contribution in [2.24, 2.45) is 0 Å². The Hall–Kier alpha value is -1.71. The van der Waals surface area contributed by atoms with Gasteiger partial charge in [0.25, 0.3) is 0 Å². The minimum absolute atomic E-state index is 0.365. The monoisotopic (exact) mass is 289 g/mol. The Labute approximate surface area is 126 Å². The molecule has 2 aliphatic rings. The van der Waals surface area contributed by atoms with Crippen molar-refractivity contribution >= 4 is 11.5 Å². The van der Waals surface area contributed by atoms with Gasteiger partial charge in [-0.05, 0) is 38.8 Å². The second-order valence-electron chi connectivity index (χ2n) is 5.74. The highest BCUT2D eigenvalue weighted by Crippen LogP contribution is 2.41. The average Bonchev–Trinajstić information content (AvgIpc) is 2.73. The lowest BCUT2D eigenvalue weighted by Crippen LogP contribution is -2.43. The number of Topliss-reactive ketones (excluding diaryl/α,β-unsaturated/α-hetero) is 1. The van der Waals surface area contributed by atoms with Crippen LogP contribution >= 0.6 is 0 Å². The second kappa shape index (κ2) is 5.96. The summed E-state index contributed by atoms with van der Waals surface area (Å²) >= 11 is 0. The topological polar surface area (TPSA) is 38.8 Å². The molecule has 21 heavy (non-hydrogen) atoms. The molecule has 2 bridgehead atoms. The smallest absolute Gasteiger partial charge is 0.163 e. The van der Waals surface area contributed by atoms with E-state index in [0.717, 1.165) is 30.0 Å². The minimum atomic E-state index is 0.365. The summed E-state index contributed by atoms with van der Waals surface area (Å²) in [7, 11) is 0. The molecule has 4 nitrogen and oxygen atoms in total. The third-order valence-corrected chi connectivity index (χ3v) is 4.37. The maximum atomic E-state index is 11.7. The quantitative estimate of drug-likeness (QED) is 0.834. The standard InChI is InChI=1S/C17H23NO3/c1-3-20-16-8-7-14(11-17(16)21-4-2)18-12-5-6-13(18)10-15(19)9-12/h7-8,11-13H,3-6,9-10H2,1-2H3. The van der Waals surface area contributed by atoms with E-state index in [4.69, 9.17) is 9.47 Å². The van der Waals surface area contributed by atoms with Gasteiger partial charge in [0, 0.05) is 36.7 Å². The predicted molar refractivity (Wildman–Crippen MR) is 82.3 cm³/mol. The Morgan fingerprint density at radius 2 is 1.67 bits per heavy atom. The lowest BCUT2D eigenvalue weighted by molar-refractivity contribution is -0.120. The van der Waals surface area contributed by atoms with Gasteiger partial charge in [-0.1, -0.05) is 0 Å². The van der Waals surface area contributed by atoms with E-state index in [1.54, 1.807) is 0 Å². The molecule has 0 amide bonds. The molecular formula is C17H23NO3. The number of benzene rings is 1. The van der Waals surface area contributed by atoms with Crippen LogP contribution in [0.3, 0.4) is 0 Å². The first-order chi connectivity index (χ1) is 10.2. The first-order valence-electron chi connectivity index (χ1n) is 7.92. The van der Waals surface area contributed by atoms with Crippen molar-refractivity contribution in [1.29, 1.82) is 0 Å². The number of anilines is 1. The number of carbonyl (C=O) groups is 1. The zero-order chi connectivity index (χ0) is 14.8. The van der Waals surface area contributed by atoms with Gasteiger partial charge in [-0.3, -0.25) is 4.79 Å². The predicted octanol–water partition coefficient (Wildman–Crippen LogP) is 3.18. The van der Waals surface area contributed by atoms with Crippen molar-refractivity contribution in [2.45, 2.75) is 51.6 Å². The van der Waals surface area contributed by atoms with Gasteiger partial charge in [-0.15, -0.1) is 0 Å². The van der Waals surface area contributed by atoms with Gasteiger partial charge in [0.15, 0.2) is 11.5 Å². The summed E-state index contributed by atoms with van der Waals surface area (Å²) in [4.78, 5) is 14.2. The van der Waals surface area contributed by atoms with E-state index in [1.807, 2.05) is 19.9 Å². The zero-order valence-electron chi connectivity index (χ0n) is 12.8. The van der Waals surface area contributed by atoms with Crippen molar-refractivity contribution in [3.63, 3.8) is 0 Å². The Morgan fingerprint density at radius 3 is 2.29 bits per heavy atom. The Kier molecular flexibility index (Phi) is 4.04. The van der Waals surface area contributed by atoms with Crippen LogP contribution in [0.2, 0.25) is 0 Å². The summed E-state index contributed by atoms with van der Waals surface area (Å²) in [6, 6.07) is 6.87. The molecule has 0 aromatic heterocycles. The number of hydrogen-bond donors (Lipinski definition) is 0. The van der Waals surface area contributed by atoms with Crippen LogP contribution < -0.4 is 14.4 Å². The van der Waals surface area contributed by atoms with Gasteiger partial charge in [0.05, 0.1) is 13.2 Å². The molecule has 2 fully saturated rings. The fourth-order valence-corrected chi connectivity index (χ4v) is 3.59. The lowest BCUT2D eigenvalue weighted by Gasteiger charge is -2.36. The summed E-state index contributed by atoms with van der Waals surface area (Å²) in [5.74, 6) is 2.01. The Balaban J connectivity index is 1.88. The van der Waals surface area contributed by atoms with Crippen molar-refractivity contribution in [1.82, 2.24) is 0 Å². The summed E-state index contributed by atoms with van der Waals surface area (Å²) < 4.78 is 11.3. The molecular weight excluding hydrogens is 266 g/mol. The molecule has 0 N–H and O–H groups in total. The van der Waals surface area contributed by atoms with Gasteiger partial charge in [0.2, 0.25) is 0 Å². The molecule has 0 aliphatic carbocycles. The molecule has 2 aliphatic heterocycles. The van der Waals surface area contributed by atoms with Crippen LogP contribution in [0.25, 0.3) is 0 Å². The molecule has 114 valence electrons. The highest BCUT2D eigenvalue weighted by atomic mass is 16.5. The van der Waals surface area contributed by atoms with Gasteiger partial charge in [0.1, 0.15) is 5.78 Å². The van der Waals surface area contributed by atoms with Crippen molar-refractivity contribution < 1.29 is 14.3 Å². The third-order valence-electron chi connectivity index (χ3n) is 4.37. The van der Waals surface area contributed by atoms with Crippen LogP contribution in [0.15, 0.2) is 18.2 Å². The van der Waals surface area contributed by atoms with Crippen molar-refractivity contribution in [2.75, 3.05) is 18.1 Å². The normalized spacial score (nSPS) is 24.3. The maximum absolute atomic E-state index is 11.7.